The van der Waals surface area contributed by atoms with Gasteiger partial charge in [0, 0.05) is 24.5 Å². The fourth-order valence-electron chi connectivity index (χ4n) is 3.81. The molecule has 1 saturated heterocycles. The summed E-state index contributed by atoms with van der Waals surface area (Å²) in [7, 11) is 0. The molecule has 36 heavy (non-hydrogen) atoms. The molecule has 0 bridgehead atoms. The summed E-state index contributed by atoms with van der Waals surface area (Å²) >= 11 is 2.54. The van der Waals surface area contributed by atoms with Crippen molar-refractivity contribution in [2.75, 3.05) is 11.5 Å². The first kappa shape index (κ1) is 25.7. The number of rotatable bonds is 11. The van der Waals surface area contributed by atoms with Crippen LogP contribution in [-0.2, 0) is 25.7 Å². The number of primary amides is 1. The lowest BCUT2D eigenvalue weighted by Crippen LogP contribution is -2.70. The molecule has 0 spiro atoms. The van der Waals surface area contributed by atoms with Crippen LogP contribution in [0, 0.1) is 0 Å². The molecular weight excluding hydrogens is 510 g/mol. The van der Waals surface area contributed by atoms with Crippen LogP contribution in [0.15, 0.2) is 46.8 Å². The fraction of sp³-hybridized carbons (Fsp3) is 0.381. The Labute approximate surface area is 213 Å². The highest BCUT2D eigenvalue weighted by atomic mass is 32.2. The minimum absolute atomic E-state index is 0.127. The Morgan fingerprint density at radius 1 is 1.28 bits per heavy atom. The second kappa shape index (κ2) is 11.1. The van der Waals surface area contributed by atoms with Crippen LogP contribution >= 0.6 is 23.5 Å². The number of benzene rings is 1. The maximum atomic E-state index is 12.8. The average molecular weight is 534 g/mol. The van der Waals surface area contributed by atoms with Crippen LogP contribution in [0.25, 0.3) is 0 Å². The van der Waals surface area contributed by atoms with Crippen molar-refractivity contribution in [3.8, 4) is 0 Å². The summed E-state index contributed by atoms with van der Waals surface area (Å²) in [5.74, 6) is -2.42. The van der Waals surface area contributed by atoms with Gasteiger partial charge in [-0.15, -0.1) is 16.9 Å². The highest BCUT2D eigenvalue weighted by Crippen LogP contribution is 2.41. The van der Waals surface area contributed by atoms with Gasteiger partial charge in [-0.25, -0.2) is 9.48 Å². The monoisotopic (exact) mass is 533 g/mol. The zero-order valence-corrected chi connectivity index (χ0v) is 20.4. The first-order valence-corrected chi connectivity index (χ1v) is 12.9. The molecule has 15 heteroatoms. The number of nitrogens with zero attached hydrogens (tertiary/aromatic N) is 5. The third kappa shape index (κ3) is 5.37. The third-order valence-electron chi connectivity index (χ3n) is 5.58. The average Bonchev–Trinajstić information content (AvgIpc) is 3.32. The number of aliphatic carboxylic acids is 1. The molecule has 2 aromatic rings. The number of hydrogen-bond acceptors (Lipinski definition) is 10. The molecule has 0 saturated carbocycles. The molecule has 1 aromatic heterocycles. The van der Waals surface area contributed by atoms with Gasteiger partial charge in [0.05, 0.1) is 0 Å². The number of fused-ring (bicyclic) bond motifs is 1. The quantitative estimate of drug-likeness (QED) is 0.215. The third-order valence-corrected chi connectivity index (χ3v) is 7.96. The zero-order chi connectivity index (χ0) is 25.8. The van der Waals surface area contributed by atoms with E-state index in [-0.39, 0.29) is 17.9 Å². The van der Waals surface area contributed by atoms with E-state index in [0.717, 1.165) is 0 Å². The van der Waals surface area contributed by atoms with Crippen molar-refractivity contribution in [3.63, 3.8) is 0 Å². The SMILES string of the molecule is NC(=O)CCCn1nnnc1SCC1=C(C(=O)O)N2C(=O)C(NC(=O)C(O)c3ccccc3)[C@H]2SC1. The number of aliphatic hydroxyl groups excluding tert-OH is 1. The van der Waals surface area contributed by atoms with Gasteiger partial charge in [0.25, 0.3) is 11.8 Å². The van der Waals surface area contributed by atoms with Crippen molar-refractivity contribution in [1.82, 2.24) is 30.4 Å². The van der Waals surface area contributed by atoms with Gasteiger partial charge in [-0.1, -0.05) is 42.1 Å². The van der Waals surface area contributed by atoms with Crippen LogP contribution in [0.5, 0.6) is 0 Å². The number of carboxylic acid groups (broad SMARTS) is 1. The molecule has 1 aromatic carbocycles. The largest absolute Gasteiger partial charge is 0.477 e. The van der Waals surface area contributed by atoms with Crippen LogP contribution in [0.3, 0.4) is 0 Å². The van der Waals surface area contributed by atoms with Crippen LogP contribution in [0.2, 0.25) is 0 Å². The van der Waals surface area contributed by atoms with E-state index in [9.17, 15) is 29.4 Å². The molecule has 3 heterocycles. The van der Waals surface area contributed by atoms with E-state index in [1.54, 1.807) is 30.3 Å². The number of carbonyl (C=O) groups is 4. The van der Waals surface area contributed by atoms with Gasteiger partial charge in [0.15, 0.2) is 6.10 Å². The molecular formula is C21H23N7O6S2. The highest BCUT2D eigenvalue weighted by Gasteiger charge is 2.54. The van der Waals surface area contributed by atoms with Gasteiger partial charge in [0.2, 0.25) is 11.1 Å². The number of thioether (sulfide) groups is 2. The van der Waals surface area contributed by atoms with E-state index in [4.69, 9.17) is 5.73 Å². The molecule has 13 nitrogen and oxygen atoms in total. The van der Waals surface area contributed by atoms with Gasteiger partial charge in [-0.05, 0) is 28.0 Å². The number of nitrogens with one attached hydrogen (secondary N) is 1. The van der Waals surface area contributed by atoms with Crippen LogP contribution in [0.4, 0.5) is 0 Å². The molecule has 2 unspecified atom stereocenters. The number of β-lactam (4-membered cyclic amide) rings is 1. The summed E-state index contributed by atoms with van der Waals surface area (Å²) in [6.45, 7) is 0.376. The number of hydrogen-bond donors (Lipinski definition) is 4. The second-order valence-corrected chi connectivity index (χ2v) is 10.1. The number of carbonyl (C=O) groups excluding carboxylic acids is 3. The van der Waals surface area contributed by atoms with Crippen molar-refractivity contribution >= 4 is 47.2 Å². The maximum Gasteiger partial charge on any atom is 0.352 e. The molecule has 2 aliphatic rings. The van der Waals surface area contributed by atoms with E-state index in [0.29, 0.717) is 35.0 Å². The predicted octanol–water partition coefficient (Wildman–Crippen LogP) is -0.497. The number of aliphatic hydroxyl groups is 1. The Bertz CT molecular complexity index is 1200. The Balaban J connectivity index is 1.41. The number of amides is 3. The van der Waals surface area contributed by atoms with Gasteiger partial charge in [-0.2, -0.15) is 0 Å². The molecule has 2 aliphatic heterocycles. The molecule has 3 atom stereocenters. The van der Waals surface area contributed by atoms with Crippen molar-refractivity contribution in [3.05, 3.63) is 47.2 Å². The molecule has 5 N–H and O–H groups in total. The molecule has 3 amide bonds. The minimum atomic E-state index is -1.45. The van der Waals surface area contributed by atoms with Gasteiger partial charge >= 0.3 is 5.97 Å². The first-order chi connectivity index (χ1) is 17.3. The first-order valence-electron chi connectivity index (χ1n) is 10.9. The smallest absolute Gasteiger partial charge is 0.352 e. The lowest BCUT2D eigenvalue weighted by molar-refractivity contribution is -0.151. The Morgan fingerprint density at radius 2 is 2.03 bits per heavy atom. The molecule has 0 aliphatic carbocycles. The molecule has 4 rings (SSSR count). The molecule has 1 fully saturated rings. The number of tetrazole rings is 1. The minimum Gasteiger partial charge on any atom is -0.477 e. The summed E-state index contributed by atoms with van der Waals surface area (Å²) in [5, 5.41) is 34.0. The van der Waals surface area contributed by atoms with Crippen molar-refractivity contribution in [2.45, 2.75) is 42.1 Å². The van der Waals surface area contributed by atoms with E-state index in [1.165, 1.54) is 33.1 Å². The number of aromatic nitrogens is 4. The lowest BCUT2D eigenvalue weighted by atomic mass is 10.0. The topological polar surface area (TPSA) is 194 Å². The van der Waals surface area contributed by atoms with E-state index < -0.39 is 41.2 Å². The van der Waals surface area contributed by atoms with Crippen LogP contribution in [0.1, 0.15) is 24.5 Å². The lowest BCUT2D eigenvalue weighted by Gasteiger charge is -2.49. The summed E-state index contributed by atoms with van der Waals surface area (Å²) in [6, 6.07) is 7.36. The van der Waals surface area contributed by atoms with Crippen molar-refractivity contribution in [2.24, 2.45) is 5.73 Å². The van der Waals surface area contributed by atoms with Crippen molar-refractivity contribution in [1.29, 1.82) is 0 Å². The maximum absolute atomic E-state index is 12.8. The van der Waals surface area contributed by atoms with Crippen molar-refractivity contribution < 1.29 is 29.4 Å². The van der Waals surface area contributed by atoms with E-state index in [1.807, 2.05) is 0 Å². The normalized spacial score (nSPS) is 19.9. The Morgan fingerprint density at radius 3 is 2.72 bits per heavy atom. The van der Waals surface area contributed by atoms with Gasteiger partial charge < -0.3 is 21.3 Å². The standard InChI is InChI=1S/C21H23N7O6S2/c22-13(29)7-4-8-27-21(24-25-26-27)36-10-12-9-35-19-14(18(32)28(19)15(12)20(33)34)23-17(31)16(30)11-5-2-1-3-6-11/h1-3,5-6,14,16,19,30H,4,7-10H2,(H2,22,29)(H,23,31)(H,33,34)/t14?,16?,19-/m1/s1. The number of carboxylic acids is 1. The molecule has 0 radical (unpaired) electrons. The van der Waals surface area contributed by atoms with Crippen LogP contribution < -0.4 is 11.1 Å². The zero-order valence-electron chi connectivity index (χ0n) is 18.8. The fourth-order valence-corrected chi connectivity index (χ4v) is 6.20. The summed E-state index contributed by atoms with van der Waals surface area (Å²) in [4.78, 5) is 49.5. The van der Waals surface area contributed by atoms with Crippen LogP contribution in [-0.4, -0.2) is 81.9 Å². The second-order valence-electron chi connectivity index (χ2n) is 8.01. The van der Waals surface area contributed by atoms with E-state index >= 15 is 0 Å². The molecule has 190 valence electrons. The Hall–Kier alpha value is -3.43. The predicted molar refractivity (Wildman–Crippen MR) is 128 cm³/mol. The summed E-state index contributed by atoms with van der Waals surface area (Å²) < 4.78 is 1.51. The number of aryl methyl sites for hydroxylation is 1. The Kier molecular flexibility index (Phi) is 7.91. The highest BCUT2D eigenvalue weighted by molar-refractivity contribution is 8.01. The summed E-state index contributed by atoms with van der Waals surface area (Å²) in [6.07, 6.45) is -0.798. The summed E-state index contributed by atoms with van der Waals surface area (Å²) in [5.41, 5.74) is 5.93. The van der Waals surface area contributed by atoms with Gasteiger partial charge in [0.1, 0.15) is 17.1 Å². The number of nitrogens with two attached hydrogens (primary N) is 1. The van der Waals surface area contributed by atoms with E-state index in [2.05, 4.69) is 20.8 Å². The van der Waals surface area contributed by atoms with Gasteiger partial charge in [-0.3, -0.25) is 19.3 Å².